The molecule has 0 radical (unpaired) electrons. The fraction of sp³-hybridized carbons (Fsp3) is 0.333. The van der Waals surface area contributed by atoms with Crippen LogP contribution in [-0.2, 0) is 10.5 Å². The normalized spacial score (nSPS) is 10.3. The molecule has 1 aromatic heterocycles. The van der Waals surface area contributed by atoms with Crippen molar-refractivity contribution in [2.75, 3.05) is 17.6 Å². The predicted molar refractivity (Wildman–Crippen MR) is 93.8 cm³/mol. The van der Waals surface area contributed by atoms with Crippen LogP contribution in [0.1, 0.15) is 28.2 Å². The molecule has 2 amide bonds. The maximum Gasteiger partial charge on any atom is 0.286 e. The number of rotatable bonds is 8. The van der Waals surface area contributed by atoms with E-state index in [2.05, 4.69) is 20.8 Å². The van der Waals surface area contributed by atoms with E-state index in [0.29, 0.717) is 23.1 Å². The molecule has 0 aliphatic rings. The van der Waals surface area contributed by atoms with Gasteiger partial charge in [0.15, 0.2) is 0 Å². The number of aromatic nitrogens is 2. The average molecular weight is 350 g/mol. The first kappa shape index (κ1) is 17.4. The lowest BCUT2D eigenvalue weighted by molar-refractivity contribution is -0.118. The number of anilines is 1. The van der Waals surface area contributed by atoms with Crippen molar-refractivity contribution in [1.29, 1.82) is 0 Å². The molecule has 0 aliphatic heterocycles. The van der Waals surface area contributed by atoms with Crippen LogP contribution in [0.25, 0.3) is 0 Å². The molecule has 2 rings (SSSR count). The maximum atomic E-state index is 12.1. The first-order valence-electron chi connectivity index (χ1n) is 7.22. The van der Waals surface area contributed by atoms with Gasteiger partial charge in [-0.25, -0.2) is 0 Å². The topological polar surface area (TPSA) is 84.0 Å². The number of hydrogen-bond donors (Lipinski definition) is 2. The fourth-order valence-electron chi connectivity index (χ4n) is 1.66. The highest BCUT2D eigenvalue weighted by Gasteiger charge is 2.13. The van der Waals surface area contributed by atoms with E-state index < -0.39 is 0 Å². The van der Waals surface area contributed by atoms with Crippen LogP contribution < -0.4 is 10.6 Å². The molecule has 0 atom stereocenters. The summed E-state index contributed by atoms with van der Waals surface area (Å²) in [7, 11) is 0. The van der Waals surface area contributed by atoms with Crippen molar-refractivity contribution < 1.29 is 9.59 Å². The molecule has 6 nitrogen and oxygen atoms in total. The van der Waals surface area contributed by atoms with Crippen LogP contribution in [0.3, 0.4) is 0 Å². The van der Waals surface area contributed by atoms with Crippen LogP contribution in [0.2, 0.25) is 0 Å². The zero-order valence-electron chi connectivity index (χ0n) is 12.7. The van der Waals surface area contributed by atoms with Gasteiger partial charge >= 0.3 is 0 Å². The summed E-state index contributed by atoms with van der Waals surface area (Å²) in [5.41, 5.74) is 0.719. The molecule has 0 fully saturated rings. The van der Waals surface area contributed by atoms with Crippen LogP contribution >= 0.6 is 23.1 Å². The molecule has 1 aromatic carbocycles. The highest BCUT2D eigenvalue weighted by Crippen LogP contribution is 2.18. The molecule has 23 heavy (non-hydrogen) atoms. The summed E-state index contributed by atoms with van der Waals surface area (Å²) in [5, 5.41) is 14.5. The van der Waals surface area contributed by atoms with Crippen LogP contribution in [0.4, 0.5) is 5.69 Å². The Morgan fingerprint density at radius 3 is 2.74 bits per heavy atom. The zero-order chi connectivity index (χ0) is 16.5. The standard InChI is InChI=1S/C15H18N4O2S2/c1-2-8-16-12(20)9-22-10-13-18-19-15(23-13)14(21)17-11-6-4-3-5-7-11/h3-7H,2,8-10H2,1H3,(H,16,20)(H,17,21). The van der Waals surface area contributed by atoms with Gasteiger partial charge in [0.05, 0.1) is 5.75 Å². The average Bonchev–Trinajstić information content (AvgIpc) is 3.03. The second-order valence-corrected chi connectivity index (χ2v) is 6.71. The second kappa shape index (κ2) is 9.26. The Labute approximate surface area is 143 Å². The quantitative estimate of drug-likeness (QED) is 0.764. The molecule has 2 N–H and O–H groups in total. The number of thioether (sulfide) groups is 1. The minimum atomic E-state index is -0.273. The summed E-state index contributed by atoms with van der Waals surface area (Å²) in [4.78, 5) is 23.5. The molecule has 2 aromatic rings. The summed E-state index contributed by atoms with van der Waals surface area (Å²) in [6.45, 7) is 2.71. The molecule has 0 saturated heterocycles. The third-order valence-corrected chi connectivity index (χ3v) is 4.77. The molecule has 0 unspecified atom stereocenters. The monoisotopic (exact) mass is 350 g/mol. The van der Waals surface area contributed by atoms with E-state index in [4.69, 9.17) is 0 Å². The van der Waals surface area contributed by atoms with Crippen LogP contribution in [-0.4, -0.2) is 34.3 Å². The fourth-order valence-corrected chi connectivity index (χ4v) is 3.29. The van der Waals surface area contributed by atoms with Gasteiger partial charge in [-0.1, -0.05) is 36.5 Å². The number of carbonyl (C=O) groups is 2. The maximum absolute atomic E-state index is 12.1. The number of carbonyl (C=O) groups excluding carboxylic acids is 2. The van der Waals surface area contributed by atoms with Gasteiger partial charge in [-0.05, 0) is 18.6 Å². The van der Waals surface area contributed by atoms with E-state index in [1.165, 1.54) is 23.1 Å². The smallest absolute Gasteiger partial charge is 0.286 e. The molecule has 122 valence electrons. The van der Waals surface area contributed by atoms with Crippen molar-refractivity contribution in [3.8, 4) is 0 Å². The van der Waals surface area contributed by atoms with E-state index in [-0.39, 0.29) is 11.8 Å². The Morgan fingerprint density at radius 1 is 1.22 bits per heavy atom. The van der Waals surface area contributed by atoms with Gasteiger partial charge in [0, 0.05) is 18.0 Å². The summed E-state index contributed by atoms with van der Waals surface area (Å²) >= 11 is 2.70. The second-order valence-electron chi connectivity index (χ2n) is 4.66. The van der Waals surface area contributed by atoms with Gasteiger partial charge in [0.25, 0.3) is 5.91 Å². The van der Waals surface area contributed by atoms with Crippen LogP contribution in [0.5, 0.6) is 0 Å². The Morgan fingerprint density at radius 2 is 2.00 bits per heavy atom. The summed E-state index contributed by atoms with van der Waals surface area (Å²) < 4.78 is 0. The number of nitrogens with zero attached hydrogens (tertiary/aromatic N) is 2. The first-order chi connectivity index (χ1) is 11.2. The van der Waals surface area contributed by atoms with Gasteiger partial charge in [0.1, 0.15) is 5.01 Å². The molecule has 0 aliphatic carbocycles. The highest BCUT2D eigenvalue weighted by atomic mass is 32.2. The molecule has 0 spiro atoms. The Kier molecular flexibility index (Phi) is 7.02. The summed E-state index contributed by atoms with van der Waals surface area (Å²) in [5.74, 6) is 0.690. The van der Waals surface area contributed by atoms with Crippen molar-refractivity contribution in [1.82, 2.24) is 15.5 Å². The zero-order valence-corrected chi connectivity index (χ0v) is 14.4. The summed E-state index contributed by atoms with van der Waals surface area (Å²) in [6, 6.07) is 9.20. The van der Waals surface area contributed by atoms with Crippen molar-refractivity contribution in [2.24, 2.45) is 0 Å². The predicted octanol–water partition coefficient (Wildman–Crippen LogP) is 2.55. The van der Waals surface area contributed by atoms with Gasteiger partial charge < -0.3 is 10.6 Å². The third kappa shape index (κ3) is 5.99. The molecule has 8 heteroatoms. The number of hydrogen-bond acceptors (Lipinski definition) is 6. The molecule has 1 heterocycles. The lowest BCUT2D eigenvalue weighted by atomic mass is 10.3. The Bertz CT molecular complexity index is 646. The minimum absolute atomic E-state index is 0.0170. The Hall–Kier alpha value is -1.93. The van der Waals surface area contributed by atoms with E-state index in [0.717, 1.165) is 17.1 Å². The summed E-state index contributed by atoms with van der Waals surface area (Å²) in [6.07, 6.45) is 0.923. The van der Waals surface area contributed by atoms with Crippen molar-refractivity contribution in [3.63, 3.8) is 0 Å². The molecular formula is C15H18N4O2S2. The van der Waals surface area contributed by atoms with Crippen molar-refractivity contribution in [2.45, 2.75) is 19.1 Å². The third-order valence-electron chi connectivity index (χ3n) is 2.72. The van der Waals surface area contributed by atoms with E-state index in [1.807, 2.05) is 37.3 Å². The van der Waals surface area contributed by atoms with Crippen LogP contribution in [0.15, 0.2) is 30.3 Å². The van der Waals surface area contributed by atoms with Gasteiger partial charge in [-0.3, -0.25) is 9.59 Å². The molecule has 0 saturated carbocycles. The van der Waals surface area contributed by atoms with E-state index in [1.54, 1.807) is 0 Å². The lowest BCUT2D eigenvalue weighted by Crippen LogP contribution is -2.25. The number of para-hydroxylation sites is 1. The number of nitrogens with one attached hydrogen (secondary N) is 2. The van der Waals surface area contributed by atoms with Gasteiger partial charge in [-0.15, -0.1) is 22.0 Å². The number of amides is 2. The highest BCUT2D eigenvalue weighted by molar-refractivity contribution is 7.99. The van der Waals surface area contributed by atoms with Crippen molar-refractivity contribution in [3.05, 3.63) is 40.3 Å². The molecule has 0 bridgehead atoms. The van der Waals surface area contributed by atoms with Gasteiger partial charge in [0.2, 0.25) is 10.9 Å². The van der Waals surface area contributed by atoms with Crippen molar-refractivity contribution >= 4 is 40.6 Å². The first-order valence-corrected chi connectivity index (χ1v) is 9.19. The number of benzene rings is 1. The van der Waals surface area contributed by atoms with E-state index in [9.17, 15) is 9.59 Å². The van der Waals surface area contributed by atoms with Gasteiger partial charge in [-0.2, -0.15) is 0 Å². The lowest BCUT2D eigenvalue weighted by Gasteiger charge is -2.01. The van der Waals surface area contributed by atoms with Crippen LogP contribution in [0, 0.1) is 0 Å². The molecular weight excluding hydrogens is 332 g/mol. The van der Waals surface area contributed by atoms with E-state index >= 15 is 0 Å². The minimum Gasteiger partial charge on any atom is -0.355 e. The largest absolute Gasteiger partial charge is 0.355 e. The Balaban J connectivity index is 1.79. The SMILES string of the molecule is CCCNC(=O)CSCc1nnc(C(=O)Nc2ccccc2)s1.